The molecule has 0 fully saturated rings. The van der Waals surface area contributed by atoms with Crippen LogP contribution in [-0.4, -0.2) is 29.4 Å². The molecule has 0 aliphatic carbocycles. The molecular formula is C18H20N2O2. The van der Waals surface area contributed by atoms with Crippen molar-refractivity contribution in [2.45, 2.75) is 13.5 Å². The largest absolute Gasteiger partial charge is 0.490 e. The molecular weight excluding hydrogens is 276 g/mol. The van der Waals surface area contributed by atoms with Crippen molar-refractivity contribution in [2.75, 3.05) is 13.7 Å². The van der Waals surface area contributed by atoms with Crippen molar-refractivity contribution in [3.05, 3.63) is 72.1 Å². The van der Waals surface area contributed by atoms with E-state index in [0.29, 0.717) is 18.7 Å². The van der Waals surface area contributed by atoms with Crippen molar-refractivity contribution >= 4 is 5.91 Å². The highest BCUT2D eigenvalue weighted by Gasteiger charge is 2.12. The fourth-order valence-electron chi connectivity index (χ4n) is 2.08. The summed E-state index contributed by atoms with van der Waals surface area (Å²) in [5.41, 5.74) is 2.62. The second-order valence-electron chi connectivity index (χ2n) is 5.16. The maximum Gasteiger partial charge on any atom is 0.255 e. The topological polar surface area (TPSA) is 42.4 Å². The maximum atomic E-state index is 12.4. The highest BCUT2D eigenvalue weighted by molar-refractivity contribution is 5.93. The second kappa shape index (κ2) is 7.41. The van der Waals surface area contributed by atoms with Crippen LogP contribution in [0.5, 0.6) is 5.75 Å². The van der Waals surface area contributed by atoms with Crippen LogP contribution in [0.2, 0.25) is 0 Å². The Morgan fingerprint density at radius 3 is 2.68 bits per heavy atom. The number of aromatic nitrogens is 1. The van der Waals surface area contributed by atoms with E-state index in [0.717, 1.165) is 16.9 Å². The van der Waals surface area contributed by atoms with Gasteiger partial charge in [0.15, 0.2) is 0 Å². The average Bonchev–Trinajstić information content (AvgIpc) is 2.53. The summed E-state index contributed by atoms with van der Waals surface area (Å²) in [5, 5.41) is 0. The lowest BCUT2D eigenvalue weighted by Gasteiger charge is -2.17. The Balaban J connectivity index is 2.00. The predicted molar refractivity (Wildman–Crippen MR) is 86.9 cm³/mol. The van der Waals surface area contributed by atoms with E-state index >= 15 is 0 Å². The van der Waals surface area contributed by atoms with Crippen LogP contribution in [0.3, 0.4) is 0 Å². The fraction of sp³-hybridized carbons (Fsp3) is 0.222. The van der Waals surface area contributed by atoms with Gasteiger partial charge >= 0.3 is 0 Å². The van der Waals surface area contributed by atoms with E-state index in [1.807, 2.05) is 37.3 Å². The smallest absolute Gasteiger partial charge is 0.255 e. The Morgan fingerprint density at radius 2 is 2.05 bits per heavy atom. The first-order valence-corrected chi connectivity index (χ1v) is 7.10. The van der Waals surface area contributed by atoms with Crippen molar-refractivity contribution in [3.63, 3.8) is 0 Å². The molecule has 0 bridgehead atoms. The number of hydrogen-bond acceptors (Lipinski definition) is 3. The van der Waals surface area contributed by atoms with Crippen LogP contribution in [0.15, 0.2) is 55.4 Å². The first-order valence-electron chi connectivity index (χ1n) is 7.10. The number of pyridine rings is 1. The summed E-state index contributed by atoms with van der Waals surface area (Å²) in [6, 6.07) is 9.54. The van der Waals surface area contributed by atoms with E-state index < -0.39 is 0 Å². The molecule has 22 heavy (non-hydrogen) atoms. The molecule has 4 heteroatoms. The van der Waals surface area contributed by atoms with Gasteiger partial charge in [0, 0.05) is 26.0 Å². The predicted octanol–water partition coefficient (Wildman–Crippen LogP) is 3.23. The standard InChI is InChI=1S/C18H20N2O2/c1-4-9-22-17-7-5-15(6-8-17)13-20(3)18(21)16-10-14(2)11-19-12-16/h4-8,10-12H,1,9,13H2,2-3H3. The van der Waals surface area contributed by atoms with E-state index in [1.165, 1.54) is 0 Å². The molecule has 0 N–H and O–H groups in total. The molecule has 0 saturated carbocycles. The molecule has 2 rings (SSSR count). The summed E-state index contributed by atoms with van der Waals surface area (Å²) in [6.07, 6.45) is 5.03. The Hall–Kier alpha value is -2.62. The number of amides is 1. The number of benzene rings is 1. The summed E-state index contributed by atoms with van der Waals surface area (Å²) in [6.45, 7) is 6.56. The molecule has 0 saturated heterocycles. The SMILES string of the molecule is C=CCOc1ccc(CN(C)C(=O)c2cncc(C)c2)cc1. The average molecular weight is 296 g/mol. The summed E-state index contributed by atoms with van der Waals surface area (Å²) >= 11 is 0. The molecule has 2 aromatic rings. The van der Waals surface area contributed by atoms with Crippen LogP contribution in [-0.2, 0) is 6.54 Å². The zero-order valence-electron chi connectivity index (χ0n) is 13.0. The van der Waals surface area contributed by atoms with Crippen LogP contribution in [0, 0.1) is 6.92 Å². The molecule has 4 nitrogen and oxygen atoms in total. The molecule has 0 atom stereocenters. The van der Waals surface area contributed by atoms with E-state index in [4.69, 9.17) is 4.74 Å². The lowest BCUT2D eigenvalue weighted by molar-refractivity contribution is 0.0784. The number of nitrogens with zero attached hydrogens (tertiary/aromatic N) is 2. The molecule has 0 unspecified atom stereocenters. The Morgan fingerprint density at radius 1 is 1.32 bits per heavy atom. The highest BCUT2D eigenvalue weighted by atomic mass is 16.5. The number of ether oxygens (including phenoxy) is 1. The zero-order chi connectivity index (χ0) is 15.9. The molecule has 0 spiro atoms. The molecule has 1 aromatic heterocycles. The van der Waals surface area contributed by atoms with Gasteiger partial charge in [0.2, 0.25) is 0 Å². The Bertz CT molecular complexity index is 650. The van der Waals surface area contributed by atoms with E-state index in [2.05, 4.69) is 11.6 Å². The van der Waals surface area contributed by atoms with E-state index in [1.54, 1.807) is 30.4 Å². The van der Waals surface area contributed by atoms with Crippen molar-refractivity contribution < 1.29 is 9.53 Å². The van der Waals surface area contributed by atoms with Crippen LogP contribution < -0.4 is 4.74 Å². The van der Waals surface area contributed by atoms with Crippen molar-refractivity contribution in [1.29, 1.82) is 0 Å². The molecule has 1 amide bonds. The third kappa shape index (κ3) is 4.19. The quantitative estimate of drug-likeness (QED) is 0.769. The van der Waals surface area contributed by atoms with Gasteiger partial charge in [-0.05, 0) is 36.2 Å². The Labute approximate surface area is 131 Å². The van der Waals surface area contributed by atoms with Crippen LogP contribution in [0.1, 0.15) is 21.5 Å². The van der Waals surface area contributed by atoms with Gasteiger partial charge in [-0.15, -0.1) is 0 Å². The van der Waals surface area contributed by atoms with Gasteiger partial charge in [-0.3, -0.25) is 9.78 Å². The van der Waals surface area contributed by atoms with Gasteiger partial charge < -0.3 is 9.64 Å². The van der Waals surface area contributed by atoms with Crippen LogP contribution in [0.4, 0.5) is 0 Å². The molecule has 1 heterocycles. The summed E-state index contributed by atoms with van der Waals surface area (Å²) in [7, 11) is 1.78. The minimum atomic E-state index is -0.0387. The number of aryl methyl sites for hydroxylation is 1. The normalized spacial score (nSPS) is 10.1. The van der Waals surface area contributed by atoms with Crippen molar-refractivity contribution in [1.82, 2.24) is 9.88 Å². The second-order valence-corrected chi connectivity index (χ2v) is 5.16. The van der Waals surface area contributed by atoms with E-state index in [9.17, 15) is 4.79 Å². The first-order chi connectivity index (χ1) is 10.6. The van der Waals surface area contributed by atoms with Gasteiger partial charge in [0.25, 0.3) is 5.91 Å². The molecule has 1 aromatic carbocycles. The molecule has 0 radical (unpaired) electrons. The van der Waals surface area contributed by atoms with Crippen molar-refractivity contribution in [3.8, 4) is 5.75 Å². The van der Waals surface area contributed by atoms with Crippen molar-refractivity contribution in [2.24, 2.45) is 0 Å². The summed E-state index contributed by atoms with van der Waals surface area (Å²) in [5.74, 6) is 0.753. The number of hydrogen-bond donors (Lipinski definition) is 0. The maximum absolute atomic E-state index is 12.4. The number of carbonyl (C=O) groups is 1. The third-order valence-electron chi connectivity index (χ3n) is 3.18. The Kier molecular flexibility index (Phi) is 5.31. The number of carbonyl (C=O) groups excluding carboxylic acids is 1. The highest BCUT2D eigenvalue weighted by Crippen LogP contribution is 2.14. The molecule has 0 aliphatic heterocycles. The van der Waals surface area contributed by atoms with E-state index in [-0.39, 0.29) is 5.91 Å². The van der Waals surface area contributed by atoms with Gasteiger partial charge in [0.1, 0.15) is 12.4 Å². The van der Waals surface area contributed by atoms with Gasteiger partial charge in [-0.1, -0.05) is 24.8 Å². The summed E-state index contributed by atoms with van der Waals surface area (Å²) < 4.78 is 5.44. The lowest BCUT2D eigenvalue weighted by atomic mass is 10.1. The minimum absolute atomic E-state index is 0.0387. The summed E-state index contributed by atoms with van der Waals surface area (Å²) in [4.78, 5) is 18.1. The van der Waals surface area contributed by atoms with Crippen LogP contribution >= 0.6 is 0 Å². The third-order valence-corrected chi connectivity index (χ3v) is 3.18. The van der Waals surface area contributed by atoms with Gasteiger partial charge in [-0.2, -0.15) is 0 Å². The zero-order valence-corrected chi connectivity index (χ0v) is 13.0. The van der Waals surface area contributed by atoms with Crippen LogP contribution in [0.25, 0.3) is 0 Å². The monoisotopic (exact) mass is 296 g/mol. The van der Waals surface area contributed by atoms with Gasteiger partial charge in [-0.25, -0.2) is 0 Å². The fourth-order valence-corrected chi connectivity index (χ4v) is 2.08. The minimum Gasteiger partial charge on any atom is -0.490 e. The first kappa shape index (κ1) is 15.8. The number of rotatable bonds is 6. The lowest BCUT2D eigenvalue weighted by Crippen LogP contribution is -2.26. The molecule has 0 aliphatic rings. The molecule has 114 valence electrons. The van der Waals surface area contributed by atoms with Gasteiger partial charge in [0.05, 0.1) is 5.56 Å².